The van der Waals surface area contributed by atoms with Gasteiger partial charge >= 0.3 is 0 Å². The number of rotatable bonds is 1. The highest BCUT2D eigenvalue weighted by molar-refractivity contribution is 5.98. The number of piperazine rings is 1. The van der Waals surface area contributed by atoms with E-state index in [0.29, 0.717) is 18.7 Å². The Kier molecular flexibility index (Phi) is 3.42. The Morgan fingerprint density at radius 3 is 2.84 bits per heavy atom. The van der Waals surface area contributed by atoms with Crippen molar-refractivity contribution in [1.29, 1.82) is 0 Å². The first-order valence-corrected chi connectivity index (χ1v) is 6.06. The summed E-state index contributed by atoms with van der Waals surface area (Å²) in [7, 11) is 0. The third kappa shape index (κ3) is 2.38. The van der Waals surface area contributed by atoms with Crippen molar-refractivity contribution in [3.8, 4) is 0 Å². The molecule has 1 fully saturated rings. The minimum Gasteiger partial charge on any atom is -0.398 e. The lowest BCUT2D eigenvalue weighted by Crippen LogP contribution is -2.55. The zero-order chi connectivity index (χ0) is 14.2. The molecule has 2 amide bonds. The lowest BCUT2D eigenvalue weighted by molar-refractivity contribution is -0.127. The minimum atomic E-state index is -0.563. The summed E-state index contributed by atoms with van der Waals surface area (Å²) in [4.78, 5) is 25.2. The SMILES string of the molecule is Cc1c(N)cc(C(=O)N2CCNC(=O)C2C)cc1F. The number of anilines is 1. The highest BCUT2D eigenvalue weighted by Crippen LogP contribution is 2.20. The van der Waals surface area contributed by atoms with Crippen LogP contribution in [0.25, 0.3) is 0 Å². The van der Waals surface area contributed by atoms with Crippen molar-refractivity contribution in [3.63, 3.8) is 0 Å². The summed E-state index contributed by atoms with van der Waals surface area (Å²) in [5.74, 6) is -1.11. The van der Waals surface area contributed by atoms with Crippen molar-refractivity contribution >= 4 is 17.5 Å². The van der Waals surface area contributed by atoms with Gasteiger partial charge in [-0.1, -0.05) is 0 Å². The van der Waals surface area contributed by atoms with Crippen LogP contribution in [0, 0.1) is 12.7 Å². The van der Waals surface area contributed by atoms with Gasteiger partial charge in [-0.25, -0.2) is 4.39 Å². The smallest absolute Gasteiger partial charge is 0.254 e. The van der Waals surface area contributed by atoms with E-state index in [1.54, 1.807) is 13.8 Å². The molecular formula is C13H16FN3O2. The van der Waals surface area contributed by atoms with Crippen LogP contribution in [0.2, 0.25) is 0 Å². The van der Waals surface area contributed by atoms with Crippen LogP contribution in [-0.2, 0) is 4.79 Å². The van der Waals surface area contributed by atoms with Crippen LogP contribution in [0.5, 0.6) is 0 Å². The fraction of sp³-hybridized carbons (Fsp3) is 0.385. The molecule has 1 saturated heterocycles. The monoisotopic (exact) mass is 265 g/mol. The quantitative estimate of drug-likeness (QED) is 0.733. The van der Waals surface area contributed by atoms with E-state index in [9.17, 15) is 14.0 Å². The average Bonchev–Trinajstić information content (AvgIpc) is 2.38. The summed E-state index contributed by atoms with van der Waals surface area (Å²) in [6, 6.07) is 2.04. The van der Waals surface area contributed by atoms with E-state index in [1.807, 2.05) is 0 Å². The largest absolute Gasteiger partial charge is 0.398 e. The number of hydrogen-bond acceptors (Lipinski definition) is 3. The fourth-order valence-electron chi connectivity index (χ4n) is 2.05. The molecule has 0 radical (unpaired) electrons. The first-order chi connectivity index (χ1) is 8.91. The van der Waals surface area contributed by atoms with Crippen molar-refractivity contribution in [2.75, 3.05) is 18.8 Å². The van der Waals surface area contributed by atoms with E-state index >= 15 is 0 Å². The molecule has 1 unspecified atom stereocenters. The van der Waals surface area contributed by atoms with Crippen molar-refractivity contribution in [1.82, 2.24) is 10.2 Å². The molecule has 19 heavy (non-hydrogen) atoms. The van der Waals surface area contributed by atoms with Crippen LogP contribution in [0.3, 0.4) is 0 Å². The lowest BCUT2D eigenvalue weighted by Gasteiger charge is -2.33. The zero-order valence-corrected chi connectivity index (χ0v) is 10.9. The van der Waals surface area contributed by atoms with E-state index in [1.165, 1.54) is 11.0 Å². The summed E-state index contributed by atoms with van der Waals surface area (Å²) in [5, 5.41) is 2.67. The van der Waals surface area contributed by atoms with Gasteiger partial charge in [0.25, 0.3) is 5.91 Å². The van der Waals surface area contributed by atoms with E-state index in [-0.39, 0.29) is 23.1 Å². The van der Waals surface area contributed by atoms with E-state index < -0.39 is 11.9 Å². The molecule has 102 valence electrons. The Balaban J connectivity index is 2.31. The molecule has 0 spiro atoms. The van der Waals surface area contributed by atoms with Crippen LogP contribution in [-0.4, -0.2) is 35.8 Å². The van der Waals surface area contributed by atoms with Crippen LogP contribution >= 0.6 is 0 Å². The van der Waals surface area contributed by atoms with Crippen molar-refractivity contribution in [2.45, 2.75) is 19.9 Å². The van der Waals surface area contributed by atoms with Gasteiger partial charge in [-0.3, -0.25) is 9.59 Å². The number of halogens is 1. The number of nitrogens with zero attached hydrogens (tertiary/aromatic N) is 1. The van der Waals surface area contributed by atoms with Crippen LogP contribution in [0.1, 0.15) is 22.8 Å². The van der Waals surface area contributed by atoms with Gasteiger partial charge in [0.05, 0.1) is 0 Å². The summed E-state index contributed by atoms with van der Waals surface area (Å²) in [6.07, 6.45) is 0. The van der Waals surface area contributed by atoms with Gasteiger partial charge in [0.1, 0.15) is 11.9 Å². The number of nitrogens with one attached hydrogen (secondary N) is 1. The predicted molar refractivity (Wildman–Crippen MR) is 69.1 cm³/mol. The molecule has 1 aliphatic rings. The summed E-state index contributed by atoms with van der Waals surface area (Å²) < 4.78 is 13.6. The molecular weight excluding hydrogens is 249 g/mol. The van der Waals surface area contributed by atoms with Gasteiger partial charge in [-0.2, -0.15) is 0 Å². The topological polar surface area (TPSA) is 75.4 Å². The third-order valence-electron chi connectivity index (χ3n) is 3.39. The Morgan fingerprint density at radius 2 is 2.21 bits per heavy atom. The Morgan fingerprint density at radius 1 is 1.53 bits per heavy atom. The van der Waals surface area contributed by atoms with Gasteiger partial charge in [-0.15, -0.1) is 0 Å². The number of nitrogen functional groups attached to an aromatic ring is 1. The maximum atomic E-state index is 13.6. The zero-order valence-electron chi connectivity index (χ0n) is 10.9. The number of amides is 2. The number of nitrogens with two attached hydrogens (primary N) is 1. The van der Waals surface area contributed by atoms with E-state index in [2.05, 4.69) is 5.32 Å². The molecule has 1 aromatic rings. The second-order valence-corrected chi connectivity index (χ2v) is 4.64. The van der Waals surface area contributed by atoms with Crippen LogP contribution in [0.4, 0.5) is 10.1 Å². The highest BCUT2D eigenvalue weighted by Gasteiger charge is 2.30. The van der Waals surface area contributed by atoms with Crippen molar-refractivity contribution in [2.24, 2.45) is 0 Å². The standard InChI is InChI=1S/C13H16FN3O2/c1-7-10(14)5-9(6-11(7)15)13(19)17-4-3-16-12(18)8(17)2/h5-6,8H,3-4,15H2,1-2H3,(H,16,18). The molecule has 0 aliphatic carbocycles. The third-order valence-corrected chi connectivity index (χ3v) is 3.39. The number of carbonyl (C=O) groups is 2. The van der Waals surface area contributed by atoms with Gasteiger partial charge in [-0.05, 0) is 26.0 Å². The molecule has 2 rings (SSSR count). The molecule has 1 atom stereocenters. The van der Waals surface area contributed by atoms with Crippen molar-refractivity contribution < 1.29 is 14.0 Å². The fourth-order valence-corrected chi connectivity index (χ4v) is 2.05. The number of benzene rings is 1. The van der Waals surface area contributed by atoms with Crippen LogP contribution < -0.4 is 11.1 Å². The average molecular weight is 265 g/mol. The molecule has 1 aromatic carbocycles. The highest BCUT2D eigenvalue weighted by atomic mass is 19.1. The van der Waals surface area contributed by atoms with Gasteiger partial charge in [0.15, 0.2) is 0 Å². The molecule has 1 aliphatic heterocycles. The molecule has 5 nitrogen and oxygen atoms in total. The molecule has 1 heterocycles. The Hall–Kier alpha value is -2.11. The first kappa shape index (κ1) is 13.3. The number of carbonyl (C=O) groups excluding carboxylic acids is 2. The minimum absolute atomic E-state index is 0.169. The van der Waals surface area contributed by atoms with E-state index in [4.69, 9.17) is 5.73 Å². The normalized spacial score (nSPS) is 19.2. The lowest BCUT2D eigenvalue weighted by atomic mass is 10.1. The summed E-state index contributed by atoms with van der Waals surface area (Å²) >= 11 is 0. The molecule has 0 saturated carbocycles. The second kappa shape index (κ2) is 4.87. The summed E-state index contributed by atoms with van der Waals surface area (Å²) in [6.45, 7) is 4.00. The van der Waals surface area contributed by atoms with Crippen LogP contribution in [0.15, 0.2) is 12.1 Å². The molecule has 0 aromatic heterocycles. The summed E-state index contributed by atoms with van der Waals surface area (Å²) in [5.41, 5.74) is 6.38. The second-order valence-electron chi connectivity index (χ2n) is 4.64. The first-order valence-electron chi connectivity index (χ1n) is 6.06. The van der Waals surface area contributed by atoms with Gasteiger partial charge in [0, 0.05) is 29.9 Å². The Labute approximate surface area is 110 Å². The van der Waals surface area contributed by atoms with Crippen molar-refractivity contribution in [3.05, 3.63) is 29.1 Å². The predicted octanol–water partition coefficient (Wildman–Crippen LogP) is 0.677. The van der Waals surface area contributed by atoms with Gasteiger partial charge < -0.3 is 16.0 Å². The maximum absolute atomic E-state index is 13.6. The maximum Gasteiger partial charge on any atom is 0.254 e. The Bertz CT molecular complexity index is 522. The van der Waals surface area contributed by atoms with E-state index in [0.717, 1.165) is 6.07 Å². The molecule has 6 heteroatoms. The molecule has 3 N–H and O–H groups in total. The molecule has 0 bridgehead atoms. The van der Waals surface area contributed by atoms with Gasteiger partial charge in [0.2, 0.25) is 5.91 Å². The number of hydrogen-bond donors (Lipinski definition) is 2.